The average Bonchev–Trinajstić information content (AvgIpc) is 2.90. The van der Waals surface area contributed by atoms with Crippen molar-refractivity contribution >= 4 is 21.9 Å². The zero-order valence-electron chi connectivity index (χ0n) is 10.8. The second-order valence-corrected chi connectivity index (χ2v) is 4.81. The lowest BCUT2D eigenvalue weighted by molar-refractivity contribution is 0.507. The van der Waals surface area contributed by atoms with Gasteiger partial charge in [-0.1, -0.05) is 30.3 Å². The Hall–Kier alpha value is -2.75. The monoisotopic (exact) mass is 281 g/mol. The summed E-state index contributed by atoms with van der Waals surface area (Å²) < 4.78 is 31.9. The van der Waals surface area contributed by atoms with E-state index < -0.39 is 11.6 Å². The molecule has 0 bridgehead atoms. The van der Waals surface area contributed by atoms with Gasteiger partial charge in [-0.2, -0.15) is 0 Å². The van der Waals surface area contributed by atoms with Crippen LogP contribution in [0.2, 0.25) is 0 Å². The summed E-state index contributed by atoms with van der Waals surface area (Å²) in [6.07, 6.45) is 0. The molecule has 0 N–H and O–H groups in total. The van der Waals surface area contributed by atoms with E-state index in [-0.39, 0.29) is 5.58 Å². The summed E-state index contributed by atoms with van der Waals surface area (Å²) in [5, 5.41) is 2.16. The van der Waals surface area contributed by atoms with Crippen LogP contribution in [0.25, 0.3) is 33.3 Å². The molecule has 4 aromatic rings. The van der Waals surface area contributed by atoms with E-state index in [0.717, 1.165) is 28.5 Å². The minimum atomic E-state index is -0.941. The van der Waals surface area contributed by atoms with Crippen molar-refractivity contribution in [3.05, 3.63) is 66.2 Å². The molecule has 1 aromatic heterocycles. The molecule has 2 nitrogen and oxygen atoms in total. The maximum Gasteiger partial charge on any atom is 0.227 e. The first-order chi connectivity index (χ1) is 10.2. The smallest absolute Gasteiger partial charge is 0.227 e. The fraction of sp³-hybridized carbons (Fsp3) is 0. The molecule has 0 spiro atoms. The van der Waals surface area contributed by atoms with Crippen molar-refractivity contribution < 1.29 is 13.2 Å². The minimum absolute atomic E-state index is 0.233. The SMILES string of the molecule is Fc1cc2nc(-c3ccc4ccccc4c3)oc2cc1F. The van der Waals surface area contributed by atoms with E-state index in [2.05, 4.69) is 4.98 Å². The first kappa shape index (κ1) is 12.0. The highest BCUT2D eigenvalue weighted by Gasteiger charge is 2.12. The molecule has 0 radical (unpaired) electrons. The van der Waals surface area contributed by atoms with Gasteiger partial charge in [0.25, 0.3) is 0 Å². The number of halogens is 2. The van der Waals surface area contributed by atoms with Gasteiger partial charge in [-0.05, 0) is 22.9 Å². The van der Waals surface area contributed by atoms with E-state index in [1.807, 2.05) is 42.5 Å². The third-order valence-electron chi connectivity index (χ3n) is 3.43. The van der Waals surface area contributed by atoms with Gasteiger partial charge in [0.1, 0.15) is 5.52 Å². The minimum Gasteiger partial charge on any atom is -0.436 e. The fourth-order valence-corrected chi connectivity index (χ4v) is 2.37. The van der Waals surface area contributed by atoms with Crippen molar-refractivity contribution in [2.45, 2.75) is 0 Å². The molecule has 4 heteroatoms. The molecule has 0 saturated heterocycles. The zero-order chi connectivity index (χ0) is 14.4. The summed E-state index contributed by atoms with van der Waals surface area (Å²) >= 11 is 0. The summed E-state index contributed by atoms with van der Waals surface area (Å²) in [7, 11) is 0. The molecule has 0 aliphatic heterocycles. The van der Waals surface area contributed by atoms with Gasteiger partial charge in [0, 0.05) is 17.7 Å². The van der Waals surface area contributed by atoms with Crippen LogP contribution in [0.5, 0.6) is 0 Å². The van der Waals surface area contributed by atoms with Crippen LogP contribution in [0.3, 0.4) is 0 Å². The summed E-state index contributed by atoms with van der Waals surface area (Å²) in [5.74, 6) is -1.52. The Morgan fingerprint density at radius 2 is 1.57 bits per heavy atom. The molecule has 0 atom stereocenters. The highest BCUT2D eigenvalue weighted by molar-refractivity contribution is 5.87. The van der Waals surface area contributed by atoms with E-state index in [4.69, 9.17) is 4.42 Å². The Bertz CT molecular complexity index is 936. The topological polar surface area (TPSA) is 26.0 Å². The number of oxazole rings is 1. The third kappa shape index (κ3) is 1.96. The van der Waals surface area contributed by atoms with Crippen molar-refractivity contribution in [3.63, 3.8) is 0 Å². The van der Waals surface area contributed by atoms with Crippen LogP contribution in [0.15, 0.2) is 59.0 Å². The summed E-state index contributed by atoms with van der Waals surface area (Å²) in [5.41, 5.74) is 1.31. The number of fused-ring (bicyclic) bond motifs is 2. The molecule has 0 saturated carbocycles. The predicted octanol–water partition coefficient (Wildman–Crippen LogP) is 4.93. The molecule has 0 unspecified atom stereocenters. The lowest BCUT2D eigenvalue weighted by atomic mass is 10.1. The van der Waals surface area contributed by atoms with Gasteiger partial charge in [-0.15, -0.1) is 0 Å². The number of hydrogen-bond acceptors (Lipinski definition) is 2. The average molecular weight is 281 g/mol. The van der Waals surface area contributed by atoms with Gasteiger partial charge >= 0.3 is 0 Å². The summed E-state index contributed by atoms with van der Waals surface area (Å²) in [6.45, 7) is 0. The van der Waals surface area contributed by atoms with Crippen LogP contribution >= 0.6 is 0 Å². The highest BCUT2D eigenvalue weighted by atomic mass is 19.2. The van der Waals surface area contributed by atoms with Crippen LogP contribution in [0.1, 0.15) is 0 Å². The van der Waals surface area contributed by atoms with Crippen LogP contribution in [0, 0.1) is 11.6 Å². The number of benzene rings is 3. The van der Waals surface area contributed by atoms with Crippen LogP contribution in [-0.4, -0.2) is 4.98 Å². The molecule has 0 aliphatic carbocycles. The second kappa shape index (κ2) is 4.38. The second-order valence-electron chi connectivity index (χ2n) is 4.81. The summed E-state index contributed by atoms with van der Waals surface area (Å²) in [4.78, 5) is 4.22. The van der Waals surface area contributed by atoms with E-state index in [9.17, 15) is 8.78 Å². The third-order valence-corrected chi connectivity index (χ3v) is 3.43. The molecule has 0 aliphatic rings. The normalized spacial score (nSPS) is 11.3. The van der Waals surface area contributed by atoms with Crippen molar-refractivity contribution in [1.82, 2.24) is 4.98 Å². The van der Waals surface area contributed by atoms with E-state index in [0.29, 0.717) is 11.4 Å². The van der Waals surface area contributed by atoms with Crippen molar-refractivity contribution in [3.8, 4) is 11.5 Å². The molecular weight excluding hydrogens is 272 g/mol. The molecule has 1 heterocycles. The number of aromatic nitrogens is 1. The van der Waals surface area contributed by atoms with E-state index in [1.165, 1.54) is 0 Å². The van der Waals surface area contributed by atoms with Crippen molar-refractivity contribution in [1.29, 1.82) is 0 Å². The molecule has 21 heavy (non-hydrogen) atoms. The van der Waals surface area contributed by atoms with E-state index >= 15 is 0 Å². The van der Waals surface area contributed by atoms with Gasteiger partial charge in [-0.3, -0.25) is 0 Å². The maximum absolute atomic E-state index is 13.2. The van der Waals surface area contributed by atoms with Crippen LogP contribution in [-0.2, 0) is 0 Å². The number of rotatable bonds is 1. The fourth-order valence-electron chi connectivity index (χ4n) is 2.37. The van der Waals surface area contributed by atoms with Gasteiger partial charge in [-0.25, -0.2) is 13.8 Å². The highest BCUT2D eigenvalue weighted by Crippen LogP contribution is 2.28. The Morgan fingerprint density at radius 3 is 2.43 bits per heavy atom. The lowest BCUT2D eigenvalue weighted by Gasteiger charge is -1.99. The van der Waals surface area contributed by atoms with Gasteiger partial charge in [0.05, 0.1) is 0 Å². The lowest BCUT2D eigenvalue weighted by Crippen LogP contribution is -1.82. The maximum atomic E-state index is 13.2. The molecule has 0 fully saturated rings. The van der Waals surface area contributed by atoms with Gasteiger partial charge in [0.2, 0.25) is 5.89 Å². The zero-order valence-corrected chi connectivity index (χ0v) is 10.8. The molecule has 102 valence electrons. The van der Waals surface area contributed by atoms with Crippen LogP contribution in [0.4, 0.5) is 8.78 Å². The van der Waals surface area contributed by atoms with E-state index in [1.54, 1.807) is 0 Å². The Balaban J connectivity index is 1.91. The number of nitrogens with zero attached hydrogens (tertiary/aromatic N) is 1. The molecule has 0 amide bonds. The Morgan fingerprint density at radius 1 is 0.810 bits per heavy atom. The largest absolute Gasteiger partial charge is 0.436 e. The summed E-state index contributed by atoms with van der Waals surface area (Å²) in [6, 6.07) is 15.7. The molecule has 3 aromatic carbocycles. The van der Waals surface area contributed by atoms with Gasteiger partial charge in [0.15, 0.2) is 17.2 Å². The molecule has 4 rings (SSSR count). The quantitative estimate of drug-likeness (QED) is 0.494. The first-order valence-electron chi connectivity index (χ1n) is 6.45. The van der Waals surface area contributed by atoms with Crippen molar-refractivity contribution in [2.24, 2.45) is 0 Å². The Labute approximate surface area is 118 Å². The van der Waals surface area contributed by atoms with Crippen molar-refractivity contribution in [2.75, 3.05) is 0 Å². The first-order valence-corrected chi connectivity index (χ1v) is 6.45. The number of hydrogen-bond donors (Lipinski definition) is 0. The van der Waals surface area contributed by atoms with Gasteiger partial charge < -0.3 is 4.42 Å². The predicted molar refractivity (Wildman–Crippen MR) is 76.9 cm³/mol. The molecular formula is C17H9F2NO. The standard InChI is InChI=1S/C17H9F2NO/c18-13-8-15-16(9-14(13)19)21-17(20-15)12-6-5-10-3-1-2-4-11(10)7-12/h1-9H. The Kier molecular flexibility index (Phi) is 2.51. The van der Waals surface area contributed by atoms with Crippen LogP contribution < -0.4 is 0 Å².